The predicted octanol–water partition coefficient (Wildman–Crippen LogP) is 5.70. The minimum Gasteiger partial charge on any atom is -0.0985 e. The van der Waals surface area contributed by atoms with E-state index >= 15 is 0 Å². The number of hydrogen-bond acceptors (Lipinski definition) is 0. The fraction of sp³-hybridized carbons (Fsp3) is 0.529. The SMILES string of the molecule is C=Cc1cc(C(C)C)c(C(C)C)cc1C(C)C. The fourth-order valence-corrected chi connectivity index (χ4v) is 2.35. The van der Waals surface area contributed by atoms with Crippen LogP contribution in [-0.4, -0.2) is 0 Å². The first kappa shape index (κ1) is 14.0. The predicted molar refractivity (Wildman–Crippen MR) is 78.8 cm³/mol. The molecule has 17 heavy (non-hydrogen) atoms. The van der Waals surface area contributed by atoms with Crippen molar-refractivity contribution in [3.05, 3.63) is 41.0 Å². The van der Waals surface area contributed by atoms with Crippen LogP contribution in [0.25, 0.3) is 6.08 Å². The molecule has 0 amide bonds. The lowest BCUT2D eigenvalue weighted by atomic mass is 9.84. The largest absolute Gasteiger partial charge is 0.0985 e. The lowest BCUT2D eigenvalue weighted by Crippen LogP contribution is -2.03. The van der Waals surface area contributed by atoms with Crippen molar-refractivity contribution in [2.75, 3.05) is 0 Å². The maximum Gasteiger partial charge on any atom is -0.0213 e. The van der Waals surface area contributed by atoms with Gasteiger partial charge < -0.3 is 0 Å². The number of hydrogen-bond donors (Lipinski definition) is 0. The van der Waals surface area contributed by atoms with Gasteiger partial charge in [-0.2, -0.15) is 0 Å². The molecule has 0 aliphatic heterocycles. The van der Waals surface area contributed by atoms with Crippen molar-refractivity contribution >= 4 is 6.08 Å². The van der Waals surface area contributed by atoms with Crippen molar-refractivity contribution in [3.8, 4) is 0 Å². The van der Waals surface area contributed by atoms with Crippen LogP contribution in [0.4, 0.5) is 0 Å². The molecule has 0 atom stereocenters. The molecule has 0 saturated carbocycles. The van der Waals surface area contributed by atoms with Gasteiger partial charge in [-0.3, -0.25) is 0 Å². The topological polar surface area (TPSA) is 0 Å². The van der Waals surface area contributed by atoms with Crippen molar-refractivity contribution in [1.82, 2.24) is 0 Å². The third kappa shape index (κ3) is 3.00. The number of benzene rings is 1. The summed E-state index contributed by atoms with van der Waals surface area (Å²) in [6.45, 7) is 17.5. The Morgan fingerprint density at radius 3 is 1.53 bits per heavy atom. The van der Waals surface area contributed by atoms with Gasteiger partial charge in [-0.05, 0) is 40.0 Å². The Balaban J connectivity index is 3.47. The summed E-state index contributed by atoms with van der Waals surface area (Å²) < 4.78 is 0. The van der Waals surface area contributed by atoms with Gasteiger partial charge in [0.25, 0.3) is 0 Å². The summed E-state index contributed by atoms with van der Waals surface area (Å²) in [5, 5.41) is 0. The smallest absolute Gasteiger partial charge is 0.0213 e. The fourth-order valence-electron chi connectivity index (χ4n) is 2.35. The van der Waals surface area contributed by atoms with Gasteiger partial charge in [-0.25, -0.2) is 0 Å². The van der Waals surface area contributed by atoms with Crippen molar-refractivity contribution < 1.29 is 0 Å². The Morgan fingerprint density at radius 2 is 1.18 bits per heavy atom. The summed E-state index contributed by atoms with van der Waals surface area (Å²) in [6.07, 6.45) is 1.99. The highest BCUT2D eigenvalue weighted by Crippen LogP contribution is 2.32. The summed E-state index contributed by atoms with van der Waals surface area (Å²) in [6, 6.07) is 4.73. The molecule has 0 aromatic heterocycles. The molecule has 0 N–H and O–H groups in total. The zero-order chi connectivity index (χ0) is 13.2. The molecule has 0 aliphatic carbocycles. The van der Waals surface area contributed by atoms with Gasteiger partial charge in [0.2, 0.25) is 0 Å². The van der Waals surface area contributed by atoms with Gasteiger partial charge >= 0.3 is 0 Å². The molecular weight excluding hydrogens is 204 g/mol. The van der Waals surface area contributed by atoms with Crippen LogP contribution in [0.15, 0.2) is 18.7 Å². The summed E-state index contributed by atoms with van der Waals surface area (Å²) in [5.74, 6) is 1.72. The molecule has 0 bridgehead atoms. The van der Waals surface area contributed by atoms with E-state index in [9.17, 15) is 0 Å². The van der Waals surface area contributed by atoms with E-state index in [1.807, 2.05) is 6.08 Å². The van der Waals surface area contributed by atoms with Gasteiger partial charge in [-0.1, -0.05) is 66.3 Å². The standard InChI is InChI=1S/C17H26/c1-8-14-9-16(12(4)5)17(13(6)7)10-15(14)11(2)3/h8-13H,1H2,2-7H3. The van der Waals surface area contributed by atoms with Crippen molar-refractivity contribution in [1.29, 1.82) is 0 Å². The van der Waals surface area contributed by atoms with Crippen LogP contribution in [0.3, 0.4) is 0 Å². The lowest BCUT2D eigenvalue weighted by Gasteiger charge is -2.21. The zero-order valence-corrected chi connectivity index (χ0v) is 12.2. The van der Waals surface area contributed by atoms with E-state index in [0.29, 0.717) is 17.8 Å². The first-order chi connectivity index (χ1) is 7.88. The molecule has 0 spiro atoms. The third-order valence-corrected chi connectivity index (χ3v) is 3.37. The highest BCUT2D eigenvalue weighted by atomic mass is 14.2. The second-order valence-corrected chi connectivity index (χ2v) is 5.78. The Bertz CT molecular complexity index is 395. The first-order valence-corrected chi connectivity index (χ1v) is 6.68. The third-order valence-electron chi connectivity index (χ3n) is 3.37. The molecule has 0 fully saturated rings. The molecule has 0 heteroatoms. The molecule has 0 unspecified atom stereocenters. The van der Waals surface area contributed by atoms with E-state index in [0.717, 1.165) is 0 Å². The van der Waals surface area contributed by atoms with E-state index in [1.165, 1.54) is 22.3 Å². The quantitative estimate of drug-likeness (QED) is 0.622. The summed E-state index contributed by atoms with van der Waals surface area (Å²) >= 11 is 0. The maximum absolute atomic E-state index is 3.95. The van der Waals surface area contributed by atoms with Crippen LogP contribution in [0, 0.1) is 0 Å². The van der Waals surface area contributed by atoms with E-state index in [4.69, 9.17) is 0 Å². The highest BCUT2D eigenvalue weighted by Gasteiger charge is 2.14. The monoisotopic (exact) mass is 230 g/mol. The van der Waals surface area contributed by atoms with Crippen LogP contribution in [0.1, 0.15) is 81.5 Å². The average Bonchev–Trinajstić information content (AvgIpc) is 2.26. The van der Waals surface area contributed by atoms with E-state index < -0.39 is 0 Å². The van der Waals surface area contributed by atoms with Crippen molar-refractivity contribution in [2.45, 2.75) is 59.3 Å². The molecule has 0 saturated heterocycles. The minimum absolute atomic E-state index is 0.557. The molecule has 0 heterocycles. The summed E-state index contributed by atoms with van der Waals surface area (Å²) in [4.78, 5) is 0. The Hall–Kier alpha value is -1.04. The van der Waals surface area contributed by atoms with Gasteiger partial charge in [0.15, 0.2) is 0 Å². The van der Waals surface area contributed by atoms with E-state index in [-0.39, 0.29) is 0 Å². The molecule has 1 aromatic carbocycles. The molecule has 0 radical (unpaired) electrons. The molecular formula is C17H26. The molecule has 1 rings (SSSR count). The van der Waals surface area contributed by atoms with Crippen molar-refractivity contribution in [3.63, 3.8) is 0 Å². The van der Waals surface area contributed by atoms with Crippen LogP contribution in [-0.2, 0) is 0 Å². The first-order valence-electron chi connectivity index (χ1n) is 6.68. The molecule has 0 nitrogen and oxygen atoms in total. The Morgan fingerprint density at radius 1 is 0.765 bits per heavy atom. The summed E-state index contributed by atoms with van der Waals surface area (Å²) in [5.41, 5.74) is 5.69. The van der Waals surface area contributed by atoms with Crippen LogP contribution in [0.2, 0.25) is 0 Å². The second-order valence-electron chi connectivity index (χ2n) is 5.78. The highest BCUT2D eigenvalue weighted by molar-refractivity contribution is 5.57. The molecule has 94 valence electrons. The van der Waals surface area contributed by atoms with Gasteiger partial charge in [0.05, 0.1) is 0 Å². The van der Waals surface area contributed by atoms with E-state index in [2.05, 4.69) is 60.3 Å². The van der Waals surface area contributed by atoms with Gasteiger partial charge in [0, 0.05) is 0 Å². The minimum atomic E-state index is 0.557. The maximum atomic E-state index is 3.95. The molecule has 0 aliphatic rings. The molecule has 1 aromatic rings. The average molecular weight is 230 g/mol. The normalized spacial score (nSPS) is 11.6. The lowest BCUT2D eigenvalue weighted by molar-refractivity contribution is 0.777. The van der Waals surface area contributed by atoms with Crippen molar-refractivity contribution in [2.24, 2.45) is 0 Å². The summed E-state index contributed by atoms with van der Waals surface area (Å²) in [7, 11) is 0. The Labute approximate surface area is 107 Å². The second kappa shape index (κ2) is 5.53. The van der Waals surface area contributed by atoms with Gasteiger partial charge in [-0.15, -0.1) is 0 Å². The number of rotatable bonds is 4. The van der Waals surface area contributed by atoms with Gasteiger partial charge in [0.1, 0.15) is 0 Å². The zero-order valence-electron chi connectivity index (χ0n) is 12.2. The van der Waals surface area contributed by atoms with Crippen LogP contribution < -0.4 is 0 Å². The van der Waals surface area contributed by atoms with Crippen LogP contribution in [0.5, 0.6) is 0 Å². The van der Waals surface area contributed by atoms with Crippen LogP contribution >= 0.6 is 0 Å². The Kier molecular flexibility index (Phi) is 4.56. The van der Waals surface area contributed by atoms with E-state index in [1.54, 1.807) is 0 Å².